The standard InChI is InChI=1S/85V. The summed E-state index contributed by atoms with van der Waals surface area (Å²) in [5.41, 5.74) is 0. The summed E-state index contributed by atoms with van der Waals surface area (Å²) >= 11 is 0. The van der Waals surface area contributed by atoms with Crippen molar-refractivity contribution in [3.63, 3.8) is 0 Å². The fourth-order valence-corrected chi connectivity index (χ4v) is 0. The third-order valence-corrected chi connectivity index (χ3v) is 0. The first-order valence-corrected chi connectivity index (χ1v) is 0. The van der Waals surface area contributed by atoms with Gasteiger partial charge in [-0.3, -0.25) is 0 Å². The number of hydrogen-bond acceptors (Lipinski definition) is 0. The van der Waals surface area contributed by atoms with Crippen LogP contribution in [0.5, 0.6) is 0 Å². The van der Waals surface area contributed by atoms with Crippen LogP contribution >= 0.6 is 0 Å². The Kier molecular flexibility index (Phi) is 10900. The van der Waals surface area contributed by atoms with Crippen molar-refractivity contribution in [1.29, 1.82) is 0 Å². The van der Waals surface area contributed by atoms with Gasteiger partial charge >= 0.3 is 0 Å². The van der Waals surface area contributed by atoms with Crippen molar-refractivity contribution in [3.05, 3.63) is 0 Å². The molecule has 0 N–H and O–H groups in total. The molecule has 0 saturated heterocycles. The fraction of sp³-hybridized carbons (Fsp3) is 0. The maximum atomic E-state index is 0. The summed E-state index contributed by atoms with van der Waals surface area (Å²) in [4.78, 5) is 0. The SMILES string of the molecule is [V].[V].[V].[V].[V].[V].[V].[V].[V].[V].[V].[V].[V].[V].[V].[V].[V].[V].[V].[V].[V].[V].[V].[V].[V].[V].[V].[V].[V].[V].[V].[V].[V].[V].[V].[V].[V].[V].[V].[V].[V].[V].[V].[V].[V].[V].[V].[V].[V].[V].[V].[V].[V].[V].[V].[V].[V].[V].[V].[V].[V].[V].[V].[V].[V].[V].[V].[V].[V].[V].[V].[V].[V].[V].[V].[V].[V].[V].[V].[V].[V].[V].[V].[V].[V]. The van der Waals surface area contributed by atoms with E-state index in [1.807, 2.05) is 0 Å². The molecule has 0 fully saturated rings. The Morgan fingerprint density at radius 1 is 0.0118 bits per heavy atom. The van der Waals surface area contributed by atoms with E-state index in [-0.39, 0.29) is 1580 Å². The van der Waals surface area contributed by atoms with Crippen LogP contribution in [0.15, 0.2) is 0 Å². The van der Waals surface area contributed by atoms with E-state index in [4.69, 9.17) is 0 Å². The van der Waals surface area contributed by atoms with Crippen molar-refractivity contribution in [2.75, 3.05) is 0 Å². The van der Waals surface area contributed by atoms with Crippen molar-refractivity contribution in [2.24, 2.45) is 0 Å². The summed E-state index contributed by atoms with van der Waals surface area (Å²) in [6.45, 7) is 0. The largest absolute Gasteiger partial charge is 0 e. The van der Waals surface area contributed by atoms with Gasteiger partial charge in [0.15, 0.2) is 0 Å². The van der Waals surface area contributed by atoms with Crippen molar-refractivity contribution in [1.82, 2.24) is 0 Å². The first-order chi connectivity index (χ1) is 0. The molecule has 85 heteroatoms. The van der Waals surface area contributed by atoms with Crippen LogP contribution in [0, 0.1) is 0 Å². The van der Waals surface area contributed by atoms with Crippen LogP contribution in [0.2, 0.25) is 0 Å². The molecule has 0 atom stereocenters. The second-order valence-corrected chi connectivity index (χ2v) is 0. The quantitative estimate of drug-likeness (QED) is 0.316. The Balaban J connectivity index is 0. The average Bonchev–Trinajstić information content (AvgIpc) is 0. The Morgan fingerprint density at radius 2 is 0.0118 bits per heavy atom. The summed E-state index contributed by atoms with van der Waals surface area (Å²) in [5, 5.41) is 0. The van der Waals surface area contributed by atoms with Gasteiger partial charge in [-0.1, -0.05) is 0 Å². The Labute approximate surface area is 1530 Å². The molecule has 425 valence electrons. The van der Waals surface area contributed by atoms with Gasteiger partial charge in [0.05, 0.1) is 0 Å². The molecule has 0 aromatic heterocycles. The van der Waals surface area contributed by atoms with Crippen molar-refractivity contribution in [3.8, 4) is 0 Å². The van der Waals surface area contributed by atoms with Crippen LogP contribution in [0.1, 0.15) is 0 Å². The smallest absolute Gasteiger partial charge is 0 e. The van der Waals surface area contributed by atoms with Gasteiger partial charge in [-0.25, -0.2) is 0 Å². The maximum Gasteiger partial charge on any atom is 0 e. The van der Waals surface area contributed by atoms with E-state index in [0.717, 1.165) is 0 Å². The summed E-state index contributed by atoms with van der Waals surface area (Å²) in [6, 6.07) is 0. The summed E-state index contributed by atoms with van der Waals surface area (Å²) in [7, 11) is 0. The second-order valence-electron chi connectivity index (χ2n) is 0. The Hall–Kier alpha value is 49.7. The van der Waals surface area contributed by atoms with Crippen LogP contribution < -0.4 is 0 Å². The van der Waals surface area contributed by atoms with Gasteiger partial charge in [-0.05, 0) is 0 Å². The summed E-state index contributed by atoms with van der Waals surface area (Å²) < 4.78 is 0. The van der Waals surface area contributed by atoms with Crippen LogP contribution in [0.25, 0.3) is 0 Å². The topological polar surface area (TPSA) is 0 Å². The molecule has 0 heterocycles. The summed E-state index contributed by atoms with van der Waals surface area (Å²) in [6.07, 6.45) is 0. The molecule has 0 aliphatic rings. The van der Waals surface area contributed by atoms with E-state index >= 15 is 0 Å². The fourth-order valence-electron chi connectivity index (χ4n) is 0. The molecule has 0 aromatic rings. The molecule has 0 unspecified atom stereocenters. The molecule has 0 bridgehead atoms. The van der Waals surface area contributed by atoms with E-state index < -0.39 is 0 Å². The molecular formula is V85. The van der Waals surface area contributed by atoms with Crippen LogP contribution in [0.4, 0.5) is 0 Å². The first-order valence-electron chi connectivity index (χ1n) is 0. The Bertz CT molecular complexity index is 0. The zero-order chi connectivity index (χ0) is 0. The maximum absolute atomic E-state index is 0. The van der Waals surface area contributed by atoms with Crippen LogP contribution in [-0.2, 0) is 1580 Å². The molecule has 0 amide bonds. The molecule has 85 radical (unpaired) electrons. The Morgan fingerprint density at radius 3 is 0.0118 bits per heavy atom. The molecule has 0 aliphatic carbocycles. The van der Waals surface area contributed by atoms with Gasteiger partial charge in [0.1, 0.15) is 0 Å². The van der Waals surface area contributed by atoms with Crippen LogP contribution in [-0.4, -0.2) is 0 Å². The van der Waals surface area contributed by atoms with Gasteiger partial charge < -0.3 is 0 Å². The van der Waals surface area contributed by atoms with E-state index in [0.29, 0.717) is 0 Å². The zero-order valence-corrected chi connectivity index (χ0v) is 157. The van der Waals surface area contributed by atoms with Gasteiger partial charge in [-0.15, -0.1) is 0 Å². The number of rotatable bonds is 0. The van der Waals surface area contributed by atoms with Crippen molar-refractivity contribution >= 4 is 0 Å². The predicted molar refractivity (Wildman–Crippen MR) is 0 cm³/mol. The third kappa shape index (κ3) is 939. The first kappa shape index (κ1) is 975. The summed E-state index contributed by atoms with van der Waals surface area (Å²) in [5.74, 6) is 0. The van der Waals surface area contributed by atoms with Gasteiger partial charge in [-0.2, -0.15) is 0 Å². The monoisotopic (exact) mass is 4330 g/mol. The minimum absolute atomic E-state index is 0. The van der Waals surface area contributed by atoms with Gasteiger partial charge in [0, 0.05) is 1580 Å². The van der Waals surface area contributed by atoms with E-state index in [2.05, 4.69) is 0 Å². The normalized spacial score (nSPS) is 0. The van der Waals surface area contributed by atoms with Crippen molar-refractivity contribution in [2.45, 2.75) is 0 Å². The second kappa shape index (κ2) is 954. The predicted octanol–water partition coefficient (Wildman–Crippen LogP) is -0.213. The van der Waals surface area contributed by atoms with E-state index in [1.54, 1.807) is 0 Å². The van der Waals surface area contributed by atoms with Gasteiger partial charge in [0.2, 0.25) is 0 Å². The van der Waals surface area contributed by atoms with E-state index in [1.165, 1.54) is 0 Å². The molecule has 0 spiro atoms. The average molecular weight is 4330 g/mol. The number of hydrogen-bond donors (Lipinski definition) is 0. The zero-order valence-electron chi connectivity index (χ0n) is 38.0. The third-order valence-electron chi connectivity index (χ3n) is 0. The molecule has 0 aliphatic heterocycles. The molecule has 85 heavy (non-hydrogen) atoms. The molecule has 0 aromatic carbocycles. The van der Waals surface area contributed by atoms with Crippen LogP contribution in [0.3, 0.4) is 0 Å². The minimum atomic E-state index is 0. The molecular weight excluding hydrogens is 4330 g/mol. The molecule has 0 rings (SSSR count). The van der Waals surface area contributed by atoms with E-state index in [9.17, 15) is 0 Å². The molecule has 0 saturated carbocycles. The van der Waals surface area contributed by atoms with Gasteiger partial charge in [0.25, 0.3) is 0 Å². The van der Waals surface area contributed by atoms with Crippen molar-refractivity contribution < 1.29 is 1580 Å². The molecule has 0 nitrogen and oxygen atoms in total. The minimum Gasteiger partial charge on any atom is 0 e.